The van der Waals surface area contributed by atoms with E-state index in [0.29, 0.717) is 39.7 Å². The van der Waals surface area contributed by atoms with Gasteiger partial charge in [0.25, 0.3) is 0 Å². The highest BCUT2D eigenvalue weighted by Gasteiger charge is 2.48. The minimum absolute atomic E-state index is 0.0366. The second kappa shape index (κ2) is 9.96. The Kier molecular flexibility index (Phi) is 6.36. The zero-order chi connectivity index (χ0) is 28.3. The Morgan fingerprint density at radius 3 is 2.76 bits per heavy atom. The van der Waals surface area contributed by atoms with Gasteiger partial charge >= 0.3 is 0 Å². The van der Waals surface area contributed by atoms with Crippen LogP contribution in [0, 0.1) is 11.3 Å². The van der Waals surface area contributed by atoms with Crippen LogP contribution in [-0.2, 0) is 25.3 Å². The SMILES string of the molecule is C[C@H](Oc1cc(-c2ccn(C)n2)nc(-c2noc3c2CCC[C@@]32CCCc3sc(N)c(C#N)c32)n1)[C@@H]1CCCN1C. The summed E-state index contributed by atoms with van der Waals surface area (Å²) in [6, 6.07) is 6.53. The molecule has 4 aromatic heterocycles. The van der Waals surface area contributed by atoms with Crippen LogP contribution < -0.4 is 10.5 Å². The highest BCUT2D eigenvalue weighted by molar-refractivity contribution is 7.16. The number of aromatic nitrogens is 5. The van der Waals surface area contributed by atoms with Gasteiger partial charge in [0.15, 0.2) is 17.3 Å². The lowest BCUT2D eigenvalue weighted by Crippen LogP contribution is -2.38. The van der Waals surface area contributed by atoms with Crippen molar-refractivity contribution in [1.29, 1.82) is 5.26 Å². The van der Waals surface area contributed by atoms with Crippen molar-refractivity contribution in [3.8, 4) is 34.9 Å². The molecule has 0 bridgehead atoms. The van der Waals surface area contributed by atoms with Crippen LogP contribution in [0.3, 0.4) is 0 Å². The van der Waals surface area contributed by atoms with E-state index >= 15 is 0 Å². The molecule has 1 aliphatic heterocycles. The molecule has 7 rings (SSSR count). The predicted molar refractivity (Wildman–Crippen MR) is 156 cm³/mol. The first-order valence-electron chi connectivity index (χ1n) is 14.4. The average molecular weight is 571 g/mol. The zero-order valence-electron chi connectivity index (χ0n) is 23.7. The standard InChI is InChI=1S/C30H34N8O2S/c1-17(22-8-6-13-37(22)2)39-24-15-21(20-10-14-38(3)35-20)33-29(34-24)26-18-7-4-11-30(27(18)40-36-26)12-5-9-23-25(30)19(16-31)28(32)41-23/h10,14-15,17,22H,4-9,11-13,32H2,1-3H3/t17-,22-,30-/m0/s1. The summed E-state index contributed by atoms with van der Waals surface area (Å²) in [4.78, 5) is 13.4. The second-order valence-corrected chi connectivity index (χ2v) is 12.8. The molecule has 2 N–H and O–H groups in total. The van der Waals surface area contributed by atoms with Crippen LogP contribution in [0.25, 0.3) is 22.9 Å². The van der Waals surface area contributed by atoms with Crippen molar-refractivity contribution in [3.63, 3.8) is 0 Å². The van der Waals surface area contributed by atoms with Crippen molar-refractivity contribution in [1.82, 2.24) is 29.8 Å². The molecule has 5 heterocycles. The molecule has 3 atom stereocenters. The van der Waals surface area contributed by atoms with Gasteiger partial charge in [0.2, 0.25) is 5.88 Å². The highest BCUT2D eigenvalue weighted by atomic mass is 32.1. The van der Waals surface area contributed by atoms with Gasteiger partial charge in [-0.25, -0.2) is 4.98 Å². The van der Waals surface area contributed by atoms with Gasteiger partial charge < -0.3 is 15.0 Å². The number of rotatable bonds is 5. The smallest absolute Gasteiger partial charge is 0.217 e. The number of nitrogens with two attached hydrogens (primary N) is 1. The lowest BCUT2D eigenvalue weighted by molar-refractivity contribution is 0.117. The minimum atomic E-state index is -0.398. The lowest BCUT2D eigenvalue weighted by Gasteiger charge is -2.39. The largest absolute Gasteiger partial charge is 0.473 e. The maximum Gasteiger partial charge on any atom is 0.217 e. The Balaban J connectivity index is 1.33. The number of aryl methyl sites for hydroxylation is 2. The summed E-state index contributed by atoms with van der Waals surface area (Å²) in [5.74, 6) is 1.81. The fraction of sp³-hybridized carbons (Fsp3) is 0.500. The number of nitriles is 1. The topological polar surface area (TPSA) is 132 Å². The van der Waals surface area contributed by atoms with Gasteiger partial charge in [-0.3, -0.25) is 9.58 Å². The Labute approximate surface area is 243 Å². The van der Waals surface area contributed by atoms with Gasteiger partial charge in [0.1, 0.15) is 22.9 Å². The summed E-state index contributed by atoms with van der Waals surface area (Å²) >= 11 is 1.55. The van der Waals surface area contributed by atoms with Crippen LogP contribution in [0.1, 0.15) is 72.8 Å². The molecular weight excluding hydrogens is 536 g/mol. The molecule has 0 amide bonds. The van der Waals surface area contributed by atoms with E-state index in [9.17, 15) is 5.26 Å². The number of likely N-dealkylation sites (N-methyl/N-ethyl adjacent to an activating group) is 1. The highest BCUT2D eigenvalue weighted by Crippen LogP contribution is 2.55. The summed E-state index contributed by atoms with van der Waals surface area (Å²) < 4.78 is 14.5. The average Bonchev–Trinajstić information content (AvgIpc) is 3.75. The van der Waals surface area contributed by atoms with Crippen molar-refractivity contribution >= 4 is 16.3 Å². The Morgan fingerprint density at radius 1 is 1.20 bits per heavy atom. The van der Waals surface area contributed by atoms with Crippen molar-refractivity contribution in [2.75, 3.05) is 19.3 Å². The monoisotopic (exact) mass is 570 g/mol. The van der Waals surface area contributed by atoms with E-state index in [2.05, 4.69) is 35.2 Å². The number of nitrogens with zero attached hydrogens (tertiary/aromatic N) is 7. The van der Waals surface area contributed by atoms with Gasteiger partial charge in [-0.2, -0.15) is 15.3 Å². The maximum atomic E-state index is 10.0. The second-order valence-electron chi connectivity index (χ2n) is 11.7. The number of fused-ring (bicyclic) bond motifs is 4. The third kappa shape index (κ3) is 4.23. The van der Waals surface area contributed by atoms with Crippen molar-refractivity contribution in [2.45, 2.75) is 75.9 Å². The number of anilines is 1. The molecule has 212 valence electrons. The van der Waals surface area contributed by atoms with Gasteiger partial charge in [-0.05, 0) is 83.5 Å². The summed E-state index contributed by atoms with van der Waals surface area (Å²) in [6.45, 7) is 3.18. The van der Waals surface area contributed by atoms with E-state index in [0.717, 1.165) is 74.1 Å². The molecule has 0 unspecified atom stereocenters. The van der Waals surface area contributed by atoms with Crippen LogP contribution in [0.2, 0.25) is 0 Å². The fourth-order valence-corrected chi connectivity index (χ4v) is 8.45. The molecule has 1 spiro atoms. The number of hydrogen-bond acceptors (Lipinski definition) is 10. The van der Waals surface area contributed by atoms with Gasteiger partial charge in [-0.1, -0.05) is 5.16 Å². The van der Waals surface area contributed by atoms with Crippen molar-refractivity contribution in [2.24, 2.45) is 7.05 Å². The zero-order valence-corrected chi connectivity index (χ0v) is 24.5. The molecule has 3 aliphatic rings. The van der Waals surface area contributed by atoms with Crippen LogP contribution in [-0.4, -0.2) is 55.5 Å². The van der Waals surface area contributed by atoms with E-state index in [1.165, 1.54) is 11.3 Å². The van der Waals surface area contributed by atoms with Crippen LogP contribution >= 0.6 is 11.3 Å². The fourth-order valence-electron chi connectivity index (χ4n) is 7.29. The Bertz CT molecular complexity index is 1660. The maximum absolute atomic E-state index is 10.0. The van der Waals surface area contributed by atoms with Crippen LogP contribution in [0.4, 0.5) is 5.00 Å². The van der Waals surface area contributed by atoms with Gasteiger partial charge in [0.05, 0.1) is 16.7 Å². The van der Waals surface area contributed by atoms with E-state index in [1.807, 2.05) is 25.4 Å². The molecule has 4 aromatic rings. The third-order valence-electron chi connectivity index (χ3n) is 9.18. The Morgan fingerprint density at radius 2 is 2.02 bits per heavy atom. The quantitative estimate of drug-likeness (QED) is 0.357. The summed E-state index contributed by atoms with van der Waals surface area (Å²) in [6.07, 6.45) is 9.66. The van der Waals surface area contributed by atoms with Crippen molar-refractivity contribution in [3.05, 3.63) is 45.7 Å². The molecule has 41 heavy (non-hydrogen) atoms. The first-order chi connectivity index (χ1) is 19.9. The first-order valence-corrected chi connectivity index (χ1v) is 15.3. The number of nitrogen functional groups attached to an aromatic ring is 1. The van der Waals surface area contributed by atoms with Gasteiger partial charge in [0, 0.05) is 35.8 Å². The minimum Gasteiger partial charge on any atom is -0.473 e. The van der Waals surface area contributed by atoms with Crippen LogP contribution in [0.5, 0.6) is 5.88 Å². The lowest BCUT2D eigenvalue weighted by atomic mass is 9.63. The molecule has 1 fully saturated rings. The van der Waals surface area contributed by atoms with Crippen LogP contribution in [0.15, 0.2) is 22.9 Å². The third-order valence-corrected chi connectivity index (χ3v) is 10.3. The number of ether oxygens (including phenoxy) is 1. The summed E-state index contributed by atoms with van der Waals surface area (Å²) in [5, 5.41) is 19.8. The van der Waals surface area contributed by atoms with E-state index in [4.69, 9.17) is 25.0 Å². The molecule has 0 radical (unpaired) electrons. The molecule has 0 aromatic carbocycles. The molecule has 11 heteroatoms. The number of hydrogen-bond donors (Lipinski definition) is 1. The summed E-state index contributed by atoms with van der Waals surface area (Å²) in [7, 11) is 4.04. The molecule has 2 aliphatic carbocycles. The Hall–Kier alpha value is -3.75. The molecule has 10 nitrogen and oxygen atoms in total. The van der Waals surface area contributed by atoms with E-state index in [1.54, 1.807) is 16.0 Å². The number of thiophene rings is 1. The van der Waals surface area contributed by atoms with E-state index < -0.39 is 5.41 Å². The van der Waals surface area contributed by atoms with E-state index in [-0.39, 0.29) is 6.10 Å². The normalized spacial score (nSPS) is 22.8. The molecule has 0 saturated carbocycles. The van der Waals surface area contributed by atoms with Crippen molar-refractivity contribution < 1.29 is 9.26 Å². The predicted octanol–water partition coefficient (Wildman–Crippen LogP) is 4.87. The van der Waals surface area contributed by atoms with Gasteiger partial charge in [-0.15, -0.1) is 11.3 Å². The molecular formula is C30H34N8O2S. The molecule has 1 saturated heterocycles. The first kappa shape index (κ1) is 26.2. The number of likely N-dealkylation sites (tertiary alicyclic amines) is 1. The summed E-state index contributed by atoms with van der Waals surface area (Å²) in [5.41, 5.74) is 10.7.